The van der Waals surface area contributed by atoms with Crippen LogP contribution in [-0.4, -0.2) is 32.4 Å². The Balaban J connectivity index is 0.00000225. The molecule has 10 heteroatoms. The van der Waals surface area contributed by atoms with Gasteiger partial charge in [-0.3, -0.25) is 9.52 Å². The van der Waals surface area contributed by atoms with Crippen LogP contribution in [0.3, 0.4) is 0 Å². The van der Waals surface area contributed by atoms with E-state index < -0.39 is 10.0 Å². The van der Waals surface area contributed by atoms with Gasteiger partial charge >= 0.3 is 0 Å². The number of piperidine rings is 1. The van der Waals surface area contributed by atoms with Crippen LogP contribution in [0.1, 0.15) is 12.8 Å². The molecular formula is C15H19ClN4O3S2. The second-order valence-corrected chi connectivity index (χ2v) is 8.06. The minimum Gasteiger partial charge on any atom is -0.326 e. The quantitative estimate of drug-likeness (QED) is 0.712. The Kier molecular flexibility index (Phi) is 6.77. The van der Waals surface area contributed by atoms with Gasteiger partial charge in [0.25, 0.3) is 10.0 Å². The Morgan fingerprint density at radius 2 is 2.04 bits per heavy atom. The van der Waals surface area contributed by atoms with Crippen molar-refractivity contribution in [1.82, 2.24) is 10.3 Å². The Hall–Kier alpha value is -1.68. The molecule has 0 aliphatic carbocycles. The van der Waals surface area contributed by atoms with Crippen LogP contribution in [-0.2, 0) is 14.8 Å². The minimum absolute atomic E-state index is 0. The van der Waals surface area contributed by atoms with Crippen molar-refractivity contribution < 1.29 is 13.2 Å². The molecule has 25 heavy (non-hydrogen) atoms. The lowest BCUT2D eigenvalue weighted by molar-refractivity contribution is -0.120. The molecule has 1 fully saturated rings. The van der Waals surface area contributed by atoms with E-state index in [1.54, 1.807) is 17.5 Å². The van der Waals surface area contributed by atoms with Gasteiger partial charge in [-0.25, -0.2) is 13.4 Å². The van der Waals surface area contributed by atoms with Gasteiger partial charge in [0.15, 0.2) is 5.13 Å². The number of carbonyl (C=O) groups is 1. The third-order valence-corrected chi connectivity index (χ3v) is 5.93. The van der Waals surface area contributed by atoms with Crippen LogP contribution in [0.4, 0.5) is 10.8 Å². The van der Waals surface area contributed by atoms with Gasteiger partial charge in [0, 0.05) is 23.2 Å². The largest absolute Gasteiger partial charge is 0.326 e. The highest BCUT2D eigenvalue weighted by Crippen LogP contribution is 2.21. The van der Waals surface area contributed by atoms with E-state index in [0.717, 1.165) is 25.9 Å². The van der Waals surface area contributed by atoms with Crippen LogP contribution in [0.5, 0.6) is 0 Å². The first-order chi connectivity index (χ1) is 11.5. The molecule has 136 valence electrons. The lowest BCUT2D eigenvalue weighted by Crippen LogP contribution is -2.34. The number of anilines is 2. The number of halogens is 1. The van der Waals surface area contributed by atoms with Crippen molar-refractivity contribution in [3.8, 4) is 0 Å². The predicted molar refractivity (Wildman–Crippen MR) is 101 cm³/mol. The molecular weight excluding hydrogens is 384 g/mol. The van der Waals surface area contributed by atoms with Crippen molar-refractivity contribution in [2.24, 2.45) is 5.92 Å². The van der Waals surface area contributed by atoms with Gasteiger partial charge < -0.3 is 10.6 Å². The first-order valence-corrected chi connectivity index (χ1v) is 9.95. The zero-order valence-corrected chi connectivity index (χ0v) is 15.7. The summed E-state index contributed by atoms with van der Waals surface area (Å²) >= 11 is 1.20. The zero-order chi connectivity index (χ0) is 17.0. The monoisotopic (exact) mass is 402 g/mol. The molecule has 0 bridgehead atoms. The first kappa shape index (κ1) is 19.6. The topological polar surface area (TPSA) is 100 Å². The van der Waals surface area contributed by atoms with Crippen LogP contribution in [0.2, 0.25) is 0 Å². The number of thiazole rings is 1. The van der Waals surface area contributed by atoms with E-state index in [2.05, 4.69) is 20.3 Å². The standard InChI is InChI=1S/C15H18N4O3S2.ClH/c20-14(11-4-6-16-7-5-11)18-12-2-1-3-13(10-12)24(21,22)19-15-17-8-9-23-15;/h1-3,8-11,16H,4-7H2,(H,17,19)(H,18,20);1H. The van der Waals surface area contributed by atoms with Gasteiger partial charge in [-0.1, -0.05) is 6.07 Å². The smallest absolute Gasteiger partial charge is 0.263 e. The molecule has 1 aromatic carbocycles. The first-order valence-electron chi connectivity index (χ1n) is 7.58. The summed E-state index contributed by atoms with van der Waals surface area (Å²) in [5.41, 5.74) is 0.473. The molecule has 0 radical (unpaired) electrons. The van der Waals surface area contributed by atoms with Crippen LogP contribution < -0.4 is 15.4 Å². The number of nitrogens with one attached hydrogen (secondary N) is 3. The Bertz CT molecular complexity index is 806. The maximum Gasteiger partial charge on any atom is 0.263 e. The van der Waals surface area contributed by atoms with Crippen molar-refractivity contribution in [3.05, 3.63) is 35.8 Å². The van der Waals surface area contributed by atoms with Gasteiger partial charge in [-0.05, 0) is 44.1 Å². The van der Waals surface area contributed by atoms with E-state index in [0.29, 0.717) is 10.8 Å². The number of amides is 1. The third-order valence-electron chi connectivity index (χ3n) is 3.78. The average Bonchev–Trinajstić information content (AvgIpc) is 3.08. The maximum absolute atomic E-state index is 12.4. The molecule has 1 aromatic heterocycles. The molecule has 1 saturated heterocycles. The number of benzene rings is 1. The summed E-state index contributed by atoms with van der Waals surface area (Å²) in [5.74, 6) is -0.112. The van der Waals surface area contributed by atoms with Gasteiger partial charge in [-0.2, -0.15) is 0 Å². The molecule has 1 aliphatic heterocycles. The number of aromatic nitrogens is 1. The highest BCUT2D eigenvalue weighted by atomic mass is 35.5. The number of rotatable bonds is 5. The second kappa shape index (κ2) is 8.61. The highest BCUT2D eigenvalue weighted by Gasteiger charge is 2.22. The molecule has 2 heterocycles. The second-order valence-electron chi connectivity index (χ2n) is 5.48. The summed E-state index contributed by atoms with van der Waals surface area (Å²) in [5, 5.41) is 8.01. The molecule has 0 spiro atoms. The van der Waals surface area contributed by atoms with Gasteiger partial charge in [-0.15, -0.1) is 23.7 Å². The van der Waals surface area contributed by atoms with Gasteiger partial charge in [0.05, 0.1) is 4.90 Å². The molecule has 0 unspecified atom stereocenters. The fourth-order valence-electron chi connectivity index (χ4n) is 2.52. The number of carbonyl (C=O) groups excluding carboxylic acids is 1. The van der Waals surface area contributed by atoms with Crippen molar-refractivity contribution >= 4 is 50.5 Å². The fraction of sp³-hybridized carbons (Fsp3) is 0.333. The van der Waals surface area contributed by atoms with Crippen molar-refractivity contribution in [1.29, 1.82) is 0 Å². The zero-order valence-electron chi connectivity index (χ0n) is 13.3. The van der Waals surface area contributed by atoms with Crippen LogP contribution in [0, 0.1) is 5.92 Å². The van der Waals surface area contributed by atoms with Crippen molar-refractivity contribution in [2.75, 3.05) is 23.1 Å². The van der Waals surface area contributed by atoms with Gasteiger partial charge in [0.1, 0.15) is 0 Å². The summed E-state index contributed by atoms with van der Waals surface area (Å²) in [6.45, 7) is 1.65. The molecule has 7 nitrogen and oxygen atoms in total. The average molecular weight is 403 g/mol. The highest BCUT2D eigenvalue weighted by molar-refractivity contribution is 7.93. The summed E-state index contributed by atoms with van der Waals surface area (Å²) < 4.78 is 27.2. The molecule has 3 N–H and O–H groups in total. The molecule has 2 aromatic rings. The summed E-state index contributed by atoms with van der Waals surface area (Å²) in [4.78, 5) is 16.3. The minimum atomic E-state index is -3.73. The summed E-state index contributed by atoms with van der Waals surface area (Å²) in [7, 11) is -3.73. The van der Waals surface area contributed by atoms with Crippen molar-refractivity contribution in [2.45, 2.75) is 17.7 Å². The fourth-order valence-corrected chi connectivity index (χ4v) is 4.35. The lowest BCUT2D eigenvalue weighted by atomic mass is 9.97. The lowest BCUT2D eigenvalue weighted by Gasteiger charge is -2.21. The predicted octanol–water partition coefficient (Wildman–Crippen LogP) is 2.30. The van der Waals surface area contributed by atoms with Crippen molar-refractivity contribution in [3.63, 3.8) is 0 Å². The number of hydrogen-bond donors (Lipinski definition) is 3. The Morgan fingerprint density at radius 1 is 1.28 bits per heavy atom. The Morgan fingerprint density at radius 3 is 2.72 bits per heavy atom. The SMILES string of the molecule is Cl.O=C(Nc1cccc(S(=O)(=O)Nc2nccs2)c1)C1CCNCC1. The Labute approximate surface area is 156 Å². The molecule has 0 atom stereocenters. The maximum atomic E-state index is 12.4. The summed E-state index contributed by atoms with van der Waals surface area (Å²) in [6.07, 6.45) is 3.10. The third kappa shape index (κ3) is 5.15. The normalized spacial score (nSPS) is 15.2. The van der Waals surface area contributed by atoms with E-state index in [1.807, 2.05) is 0 Å². The van der Waals surface area contributed by atoms with E-state index in [4.69, 9.17) is 0 Å². The van der Waals surface area contributed by atoms with E-state index >= 15 is 0 Å². The molecule has 0 saturated carbocycles. The number of nitrogens with zero attached hydrogens (tertiary/aromatic N) is 1. The van der Waals surface area contributed by atoms with E-state index in [9.17, 15) is 13.2 Å². The molecule has 1 aliphatic rings. The number of sulfonamides is 1. The summed E-state index contributed by atoms with van der Waals surface area (Å²) in [6, 6.07) is 6.22. The van der Waals surface area contributed by atoms with Crippen LogP contribution >= 0.6 is 23.7 Å². The van der Waals surface area contributed by atoms with E-state index in [-0.39, 0.29) is 29.1 Å². The van der Waals surface area contributed by atoms with Gasteiger partial charge in [0.2, 0.25) is 5.91 Å². The van der Waals surface area contributed by atoms with Crippen LogP contribution in [0.25, 0.3) is 0 Å². The number of hydrogen-bond acceptors (Lipinski definition) is 6. The molecule has 3 rings (SSSR count). The molecule has 1 amide bonds. The van der Waals surface area contributed by atoms with Crippen LogP contribution in [0.15, 0.2) is 40.7 Å². The van der Waals surface area contributed by atoms with E-state index in [1.165, 1.54) is 29.7 Å².